The summed E-state index contributed by atoms with van der Waals surface area (Å²) < 4.78 is 0. The molecule has 15 heteroatoms. The molecule has 1 heterocycles. The molecule has 230 valence electrons. The monoisotopic (exact) mass is 587 g/mol. The SMILES string of the molecule is CCC(C)C(N)C(=O)NC(Cc1c[nH]c2ccccc12)C(=O)NC(CCCN=C(N)N)C(=O)NC(CC(N)=O)C(=O)O. The molecular formula is C27H41N9O6. The van der Waals surface area contributed by atoms with Crippen LogP contribution in [0.15, 0.2) is 35.5 Å². The summed E-state index contributed by atoms with van der Waals surface area (Å²) in [5.41, 5.74) is 23.5. The molecule has 5 unspecified atom stereocenters. The van der Waals surface area contributed by atoms with Gasteiger partial charge < -0.3 is 49.0 Å². The number of hydrogen-bond acceptors (Lipinski definition) is 7. The summed E-state index contributed by atoms with van der Waals surface area (Å²) in [7, 11) is 0. The minimum atomic E-state index is -1.61. The molecule has 0 aliphatic heterocycles. The van der Waals surface area contributed by atoms with E-state index in [0.717, 1.165) is 16.5 Å². The fraction of sp³-hybridized carbons (Fsp3) is 0.481. The van der Waals surface area contributed by atoms with Gasteiger partial charge in [0.1, 0.15) is 18.1 Å². The first-order valence-corrected chi connectivity index (χ1v) is 13.6. The highest BCUT2D eigenvalue weighted by atomic mass is 16.4. The number of aromatic amines is 1. The second-order valence-corrected chi connectivity index (χ2v) is 10.1. The van der Waals surface area contributed by atoms with Crippen molar-refractivity contribution in [1.29, 1.82) is 0 Å². The van der Waals surface area contributed by atoms with Gasteiger partial charge in [-0.2, -0.15) is 0 Å². The predicted octanol–water partition coefficient (Wildman–Crippen LogP) is -1.45. The van der Waals surface area contributed by atoms with Crippen LogP contribution in [0, 0.1) is 5.92 Å². The number of carboxylic acids is 1. The molecule has 0 radical (unpaired) electrons. The number of para-hydroxylation sites is 1. The van der Waals surface area contributed by atoms with Gasteiger partial charge in [0.25, 0.3) is 0 Å². The number of nitrogens with one attached hydrogen (secondary N) is 4. The van der Waals surface area contributed by atoms with Gasteiger partial charge in [0.15, 0.2) is 5.96 Å². The van der Waals surface area contributed by atoms with E-state index in [4.69, 9.17) is 22.9 Å². The maximum atomic E-state index is 13.6. The third-order valence-corrected chi connectivity index (χ3v) is 6.89. The number of guanidine groups is 1. The largest absolute Gasteiger partial charge is 0.480 e. The van der Waals surface area contributed by atoms with E-state index in [1.165, 1.54) is 0 Å². The van der Waals surface area contributed by atoms with Crippen molar-refractivity contribution in [2.45, 2.75) is 70.1 Å². The van der Waals surface area contributed by atoms with Crippen molar-refractivity contribution in [3.63, 3.8) is 0 Å². The van der Waals surface area contributed by atoms with E-state index in [2.05, 4.69) is 25.9 Å². The molecule has 0 aliphatic rings. The van der Waals surface area contributed by atoms with Crippen LogP contribution >= 0.6 is 0 Å². The summed E-state index contributed by atoms with van der Waals surface area (Å²) in [5.74, 6) is -4.83. The number of rotatable bonds is 17. The molecule has 1 aromatic heterocycles. The van der Waals surface area contributed by atoms with Crippen LogP contribution < -0.4 is 38.9 Å². The highest BCUT2D eigenvalue weighted by Crippen LogP contribution is 2.19. The van der Waals surface area contributed by atoms with Gasteiger partial charge in [0, 0.05) is 30.1 Å². The number of nitrogens with two attached hydrogens (primary N) is 4. The summed E-state index contributed by atoms with van der Waals surface area (Å²) in [6.45, 7) is 3.84. The molecular weight excluding hydrogens is 546 g/mol. The summed E-state index contributed by atoms with van der Waals surface area (Å²) >= 11 is 0. The number of aromatic nitrogens is 1. The Morgan fingerprint density at radius 2 is 1.57 bits per heavy atom. The molecule has 0 aliphatic carbocycles. The molecule has 0 saturated heterocycles. The first-order valence-electron chi connectivity index (χ1n) is 13.6. The summed E-state index contributed by atoms with van der Waals surface area (Å²) in [6, 6.07) is 2.55. The Morgan fingerprint density at radius 1 is 0.952 bits per heavy atom. The number of benzene rings is 1. The van der Waals surface area contributed by atoms with Crippen LogP contribution in [0.25, 0.3) is 10.9 Å². The summed E-state index contributed by atoms with van der Waals surface area (Å²) in [6.07, 6.45) is 2.03. The average molecular weight is 588 g/mol. The topological polar surface area (TPSA) is 274 Å². The number of hydrogen-bond donors (Lipinski definition) is 9. The van der Waals surface area contributed by atoms with Gasteiger partial charge in [-0.3, -0.25) is 24.2 Å². The average Bonchev–Trinajstić information content (AvgIpc) is 3.35. The number of aliphatic carboxylic acids is 1. The number of H-pyrrole nitrogens is 1. The molecule has 42 heavy (non-hydrogen) atoms. The van der Waals surface area contributed by atoms with E-state index in [-0.39, 0.29) is 37.7 Å². The van der Waals surface area contributed by atoms with Gasteiger partial charge in [0.05, 0.1) is 12.5 Å². The van der Waals surface area contributed by atoms with Crippen molar-refractivity contribution in [2.24, 2.45) is 33.8 Å². The third kappa shape index (κ3) is 10.1. The van der Waals surface area contributed by atoms with E-state index in [9.17, 15) is 29.1 Å². The molecule has 15 nitrogen and oxygen atoms in total. The lowest BCUT2D eigenvalue weighted by Gasteiger charge is -2.26. The maximum Gasteiger partial charge on any atom is 0.326 e. The standard InChI is InChI=1S/C27H41N9O6/c1-3-14(2)22(29)25(40)35-19(11-15-13-33-17-8-5-4-7-16(15)17)24(39)34-18(9-6-10-32-27(30)31)23(38)36-20(26(41)42)12-21(28)37/h4-5,7-8,13-14,18-20,22,33H,3,6,9-12,29H2,1-2H3,(H2,28,37)(H,34,39)(H,35,40)(H,36,38)(H,41,42)(H4,30,31,32). The molecule has 1 aromatic carbocycles. The number of nitrogens with zero attached hydrogens (tertiary/aromatic N) is 1. The third-order valence-electron chi connectivity index (χ3n) is 6.89. The quantitative estimate of drug-likeness (QED) is 0.0594. The van der Waals surface area contributed by atoms with E-state index in [1.54, 1.807) is 6.20 Å². The van der Waals surface area contributed by atoms with Crippen LogP contribution in [-0.2, 0) is 30.4 Å². The highest BCUT2D eigenvalue weighted by molar-refractivity contribution is 5.95. The fourth-order valence-electron chi connectivity index (χ4n) is 4.23. The zero-order valence-electron chi connectivity index (χ0n) is 23.8. The minimum Gasteiger partial charge on any atom is -0.480 e. The van der Waals surface area contributed by atoms with Crippen molar-refractivity contribution >= 4 is 46.5 Å². The van der Waals surface area contributed by atoms with Gasteiger partial charge in [-0.05, 0) is 30.4 Å². The van der Waals surface area contributed by atoms with E-state index in [1.807, 2.05) is 38.1 Å². The lowest BCUT2D eigenvalue weighted by molar-refractivity contribution is -0.143. The number of carbonyl (C=O) groups excluding carboxylic acids is 4. The van der Waals surface area contributed by atoms with Crippen LogP contribution in [0.4, 0.5) is 0 Å². The Balaban J connectivity index is 2.34. The molecule has 0 saturated carbocycles. The van der Waals surface area contributed by atoms with Crippen LogP contribution in [0.2, 0.25) is 0 Å². The van der Waals surface area contributed by atoms with Crippen molar-refractivity contribution < 1.29 is 29.1 Å². The number of primary amides is 1. The van der Waals surface area contributed by atoms with Gasteiger partial charge in [-0.25, -0.2) is 4.79 Å². The summed E-state index contributed by atoms with van der Waals surface area (Å²) in [4.78, 5) is 69.7. The Morgan fingerprint density at radius 3 is 2.19 bits per heavy atom. The molecule has 2 rings (SSSR count). The Bertz CT molecular complexity index is 1290. The second-order valence-electron chi connectivity index (χ2n) is 10.1. The van der Waals surface area contributed by atoms with E-state index in [0.29, 0.717) is 6.42 Å². The highest BCUT2D eigenvalue weighted by Gasteiger charge is 2.32. The van der Waals surface area contributed by atoms with Crippen LogP contribution in [0.3, 0.4) is 0 Å². The molecule has 13 N–H and O–H groups in total. The first-order chi connectivity index (χ1) is 19.8. The predicted molar refractivity (Wildman–Crippen MR) is 157 cm³/mol. The van der Waals surface area contributed by atoms with Crippen molar-refractivity contribution in [2.75, 3.05) is 6.54 Å². The first kappa shape index (κ1) is 33.5. The molecule has 2 aromatic rings. The zero-order valence-corrected chi connectivity index (χ0v) is 23.8. The van der Waals surface area contributed by atoms with Crippen LogP contribution in [0.1, 0.15) is 45.1 Å². The van der Waals surface area contributed by atoms with Gasteiger partial charge >= 0.3 is 5.97 Å². The molecule has 4 amide bonds. The molecule has 0 bridgehead atoms. The maximum absolute atomic E-state index is 13.6. The second kappa shape index (κ2) is 16.0. The normalized spacial score (nSPS) is 14.5. The van der Waals surface area contributed by atoms with Gasteiger partial charge in [-0.1, -0.05) is 38.5 Å². The smallest absolute Gasteiger partial charge is 0.326 e. The molecule has 0 fully saturated rings. The van der Waals surface area contributed by atoms with Gasteiger partial charge in [0.2, 0.25) is 23.6 Å². The molecule has 0 spiro atoms. The fourth-order valence-corrected chi connectivity index (χ4v) is 4.23. The Hall–Kier alpha value is -4.66. The van der Waals surface area contributed by atoms with Crippen molar-refractivity contribution in [1.82, 2.24) is 20.9 Å². The minimum absolute atomic E-state index is 0.0113. The lowest BCUT2D eigenvalue weighted by atomic mass is 9.98. The van der Waals surface area contributed by atoms with Crippen LogP contribution in [-0.4, -0.2) is 76.4 Å². The van der Waals surface area contributed by atoms with Crippen molar-refractivity contribution in [3.05, 3.63) is 36.0 Å². The number of amides is 4. The number of carboxylic acid groups (broad SMARTS) is 1. The number of fused-ring (bicyclic) bond motifs is 1. The number of aliphatic imine (C=N–C) groups is 1. The van der Waals surface area contributed by atoms with Crippen LogP contribution in [0.5, 0.6) is 0 Å². The Kier molecular flexibility index (Phi) is 12.7. The number of carbonyl (C=O) groups is 5. The Labute approximate surface area is 243 Å². The molecule has 5 atom stereocenters. The van der Waals surface area contributed by atoms with Gasteiger partial charge in [-0.15, -0.1) is 0 Å². The van der Waals surface area contributed by atoms with E-state index < -0.39 is 60.2 Å². The zero-order chi connectivity index (χ0) is 31.4. The lowest BCUT2D eigenvalue weighted by Crippen LogP contribution is -2.58. The summed E-state index contributed by atoms with van der Waals surface area (Å²) in [5, 5.41) is 17.8. The van der Waals surface area contributed by atoms with Crippen molar-refractivity contribution in [3.8, 4) is 0 Å². The van der Waals surface area contributed by atoms with E-state index >= 15 is 0 Å².